The van der Waals surface area contributed by atoms with Crippen LogP contribution in [0.25, 0.3) is 17.1 Å². The predicted octanol–water partition coefficient (Wildman–Crippen LogP) is 4.47. The molecule has 0 spiro atoms. The van der Waals surface area contributed by atoms with E-state index in [1.807, 2.05) is 31.2 Å². The lowest BCUT2D eigenvalue weighted by Crippen LogP contribution is -2.16. The first-order valence-electron chi connectivity index (χ1n) is 9.62. The lowest BCUT2D eigenvalue weighted by molar-refractivity contribution is 0.337. The first kappa shape index (κ1) is 20.7. The second kappa shape index (κ2) is 9.06. The normalized spacial score (nSPS) is 10.8. The minimum atomic E-state index is -0.552. The second-order valence-corrected chi connectivity index (χ2v) is 7.13. The number of aromatic nitrogens is 4. The highest BCUT2D eigenvalue weighted by Crippen LogP contribution is 2.20. The number of benzene rings is 2. The highest BCUT2D eigenvalue weighted by atomic mass is 35.5. The number of hydrogen-bond donors (Lipinski definition) is 0. The molecule has 0 radical (unpaired) electrons. The van der Waals surface area contributed by atoms with Crippen LogP contribution in [0.15, 0.2) is 71.9 Å². The smallest absolute Gasteiger partial charge is 0.203 e. The van der Waals surface area contributed by atoms with Gasteiger partial charge in [0, 0.05) is 30.3 Å². The molecule has 0 amide bonds. The molecule has 0 aliphatic heterocycles. The van der Waals surface area contributed by atoms with Gasteiger partial charge in [0.25, 0.3) is 0 Å². The summed E-state index contributed by atoms with van der Waals surface area (Å²) in [5, 5.41) is 4.42. The Bertz CT molecular complexity index is 1280. The van der Waals surface area contributed by atoms with Gasteiger partial charge in [-0.15, -0.1) is 0 Å². The summed E-state index contributed by atoms with van der Waals surface area (Å²) < 4.78 is 20.6. The van der Waals surface area contributed by atoms with Crippen molar-refractivity contribution in [1.82, 2.24) is 19.7 Å². The van der Waals surface area contributed by atoms with Crippen molar-refractivity contribution in [3.63, 3.8) is 0 Å². The molecule has 31 heavy (non-hydrogen) atoms. The molecule has 6 nitrogen and oxygen atoms in total. The van der Waals surface area contributed by atoms with Crippen molar-refractivity contribution in [2.24, 2.45) is 0 Å². The predicted molar refractivity (Wildman–Crippen MR) is 116 cm³/mol. The Morgan fingerprint density at radius 1 is 1.10 bits per heavy atom. The van der Waals surface area contributed by atoms with E-state index in [9.17, 15) is 9.18 Å². The number of rotatable bonds is 6. The molecule has 4 rings (SSSR count). The van der Waals surface area contributed by atoms with Crippen LogP contribution in [0.2, 0.25) is 5.02 Å². The van der Waals surface area contributed by atoms with Crippen LogP contribution in [0, 0.1) is 5.82 Å². The number of nitrogens with zero attached hydrogens (tertiary/aromatic N) is 4. The molecule has 0 saturated carbocycles. The zero-order chi connectivity index (χ0) is 21.8. The van der Waals surface area contributed by atoms with Gasteiger partial charge in [-0.05, 0) is 30.7 Å². The Morgan fingerprint density at radius 2 is 1.90 bits per heavy atom. The Morgan fingerprint density at radius 3 is 2.65 bits per heavy atom. The Hall–Kier alpha value is -3.58. The molecule has 0 N–H and O–H groups in total. The van der Waals surface area contributed by atoms with Crippen LogP contribution >= 0.6 is 11.6 Å². The molecule has 2 heterocycles. The standard InChI is InChI=1S/C23H18ClFN4O2/c1-2-31-18-13-26-23(27-14-18)16-5-3-4-15(10-16)11-21-22(30)8-9-29(28-21)17-6-7-19(24)20(25)12-17/h3-10,12-14H,2,11H2,1H3. The molecule has 156 valence electrons. The van der Waals surface area contributed by atoms with Crippen LogP contribution in [0.5, 0.6) is 5.75 Å². The summed E-state index contributed by atoms with van der Waals surface area (Å²) in [6.45, 7) is 2.44. The Kier molecular flexibility index (Phi) is 6.04. The van der Waals surface area contributed by atoms with E-state index in [4.69, 9.17) is 16.3 Å². The first-order valence-corrected chi connectivity index (χ1v) is 9.99. The van der Waals surface area contributed by atoms with Crippen LogP contribution in [0.3, 0.4) is 0 Å². The molecule has 0 aliphatic carbocycles. The van der Waals surface area contributed by atoms with E-state index in [2.05, 4.69) is 15.1 Å². The van der Waals surface area contributed by atoms with E-state index in [-0.39, 0.29) is 10.5 Å². The van der Waals surface area contributed by atoms with Crippen molar-refractivity contribution < 1.29 is 9.13 Å². The summed E-state index contributed by atoms with van der Waals surface area (Å²) in [5.41, 5.74) is 2.30. The van der Waals surface area contributed by atoms with E-state index in [0.29, 0.717) is 36.0 Å². The molecule has 2 aromatic carbocycles. The van der Waals surface area contributed by atoms with Crippen molar-refractivity contribution in [3.8, 4) is 22.8 Å². The Labute approximate surface area is 182 Å². The summed E-state index contributed by atoms with van der Waals surface area (Å²) in [5.74, 6) is 0.611. The number of halogens is 2. The SMILES string of the molecule is CCOc1cnc(-c2cccc(Cc3nn(-c4ccc(Cl)c(F)c4)ccc3=O)c2)nc1. The maximum atomic E-state index is 13.8. The van der Waals surface area contributed by atoms with Gasteiger partial charge in [0.05, 0.1) is 29.7 Å². The fraction of sp³-hybridized carbons (Fsp3) is 0.130. The van der Waals surface area contributed by atoms with E-state index in [1.54, 1.807) is 18.5 Å². The van der Waals surface area contributed by atoms with Crippen molar-refractivity contribution >= 4 is 11.6 Å². The molecular weight excluding hydrogens is 419 g/mol. The van der Waals surface area contributed by atoms with Crippen LogP contribution in [0.1, 0.15) is 18.2 Å². The van der Waals surface area contributed by atoms with Gasteiger partial charge >= 0.3 is 0 Å². The van der Waals surface area contributed by atoms with E-state index in [0.717, 1.165) is 11.1 Å². The van der Waals surface area contributed by atoms with Crippen LogP contribution < -0.4 is 10.2 Å². The molecule has 8 heteroatoms. The van der Waals surface area contributed by atoms with Gasteiger partial charge in [0.1, 0.15) is 11.5 Å². The monoisotopic (exact) mass is 436 g/mol. The van der Waals surface area contributed by atoms with Gasteiger partial charge in [0.2, 0.25) is 5.43 Å². The largest absolute Gasteiger partial charge is 0.491 e. The molecule has 0 atom stereocenters. The molecule has 0 bridgehead atoms. The first-order chi connectivity index (χ1) is 15.0. The van der Waals surface area contributed by atoms with E-state index < -0.39 is 5.82 Å². The van der Waals surface area contributed by atoms with Gasteiger partial charge in [-0.3, -0.25) is 4.79 Å². The zero-order valence-electron chi connectivity index (χ0n) is 16.6. The van der Waals surface area contributed by atoms with Gasteiger partial charge in [-0.1, -0.05) is 29.8 Å². The van der Waals surface area contributed by atoms with Crippen molar-refractivity contribution in [2.45, 2.75) is 13.3 Å². The molecule has 0 aliphatic rings. The summed E-state index contributed by atoms with van der Waals surface area (Å²) in [6, 6.07) is 13.4. The third-order valence-corrected chi connectivity index (χ3v) is 4.85. The van der Waals surface area contributed by atoms with Gasteiger partial charge in [-0.2, -0.15) is 5.10 Å². The average molecular weight is 437 g/mol. The molecule has 4 aromatic rings. The fourth-order valence-corrected chi connectivity index (χ4v) is 3.18. The highest BCUT2D eigenvalue weighted by molar-refractivity contribution is 6.30. The minimum absolute atomic E-state index is 0.0262. The minimum Gasteiger partial charge on any atom is -0.491 e. The van der Waals surface area contributed by atoms with Crippen LogP contribution in [-0.4, -0.2) is 26.4 Å². The van der Waals surface area contributed by atoms with E-state index >= 15 is 0 Å². The van der Waals surface area contributed by atoms with Crippen molar-refractivity contribution in [1.29, 1.82) is 0 Å². The Balaban J connectivity index is 1.61. The molecular formula is C23H18ClFN4O2. The maximum Gasteiger partial charge on any atom is 0.203 e. The topological polar surface area (TPSA) is 69.9 Å². The molecule has 0 saturated heterocycles. The van der Waals surface area contributed by atoms with Crippen LogP contribution in [0.4, 0.5) is 4.39 Å². The summed E-state index contributed by atoms with van der Waals surface area (Å²) in [6.07, 6.45) is 5.06. The highest BCUT2D eigenvalue weighted by Gasteiger charge is 2.09. The summed E-state index contributed by atoms with van der Waals surface area (Å²) >= 11 is 5.75. The number of ether oxygens (including phenoxy) is 1. The molecule has 0 fully saturated rings. The lowest BCUT2D eigenvalue weighted by Gasteiger charge is -2.09. The summed E-state index contributed by atoms with van der Waals surface area (Å²) in [7, 11) is 0. The third kappa shape index (κ3) is 4.78. The van der Waals surface area contributed by atoms with Crippen LogP contribution in [-0.2, 0) is 6.42 Å². The molecule has 0 unspecified atom stereocenters. The maximum absolute atomic E-state index is 13.8. The van der Waals surface area contributed by atoms with Gasteiger partial charge in [-0.25, -0.2) is 19.0 Å². The lowest BCUT2D eigenvalue weighted by atomic mass is 10.1. The van der Waals surface area contributed by atoms with E-state index in [1.165, 1.54) is 29.1 Å². The summed E-state index contributed by atoms with van der Waals surface area (Å²) in [4.78, 5) is 21.0. The van der Waals surface area contributed by atoms with Crippen molar-refractivity contribution in [2.75, 3.05) is 6.61 Å². The van der Waals surface area contributed by atoms with Crippen molar-refractivity contribution in [3.05, 3.63) is 99.4 Å². The average Bonchev–Trinajstić information content (AvgIpc) is 2.78. The third-order valence-electron chi connectivity index (χ3n) is 4.54. The molecule has 2 aromatic heterocycles. The fourth-order valence-electron chi connectivity index (χ4n) is 3.06. The van der Waals surface area contributed by atoms with Gasteiger partial charge < -0.3 is 4.74 Å². The number of hydrogen-bond acceptors (Lipinski definition) is 5. The van der Waals surface area contributed by atoms with Gasteiger partial charge in [0.15, 0.2) is 11.6 Å². The second-order valence-electron chi connectivity index (χ2n) is 6.72. The zero-order valence-corrected chi connectivity index (χ0v) is 17.4. The quantitative estimate of drug-likeness (QED) is 0.446.